The molecule has 0 aliphatic carbocycles. The van der Waals surface area contributed by atoms with Crippen LogP contribution in [0.25, 0.3) is 0 Å². The van der Waals surface area contributed by atoms with Gasteiger partial charge in [-0.3, -0.25) is 0 Å². The third-order valence-corrected chi connectivity index (χ3v) is 4.84. The molecule has 0 nitrogen and oxygen atoms in total. The van der Waals surface area contributed by atoms with Crippen molar-refractivity contribution in [2.75, 3.05) is 0 Å². The van der Waals surface area contributed by atoms with Crippen LogP contribution in [0.3, 0.4) is 0 Å². The first kappa shape index (κ1) is 16.4. The Balaban J connectivity index is 2.48. The van der Waals surface area contributed by atoms with E-state index in [4.69, 9.17) is 0 Å². The van der Waals surface area contributed by atoms with Crippen LogP contribution in [0.5, 0.6) is 0 Å². The van der Waals surface area contributed by atoms with Crippen molar-refractivity contribution >= 4 is 17.7 Å². The van der Waals surface area contributed by atoms with Crippen molar-refractivity contribution < 1.29 is 0 Å². The van der Waals surface area contributed by atoms with Gasteiger partial charge in [-0.1, -0.05) is 0 Å². The summed E-state index contributed by atoms with van der Waals surface area (Å²) >= 11 is 2.36. The standard InChI is InChI=1S/C20H25.Li/c1-19(2,3)18-14-10-9-11-16(18)15-20(4,5)17-12-7-6-8-13-17;/h6-15H,1-5H3;. The van der Waals surface area contributed by atoms with Gasteiger partial charge < -0.3 is 0 Å². The second kappa shape index (κ2) is 6.03. The van der Waals surface area contributed by atoms with Crippen LogP contribution in [-0.4, -0.2) is 17.7 Å². The molecule has 0 N–H and O–H groups in total. The minimum atomic E-state index is 0.114. The molecule has 106 valence electrons. The summed E-state index contributed by atoms with van der Waals surface area (Å²) in [6.07, 6.45) is 0. The molecule has 2 aromatic rings. The van der Waals surface area contributed by atoms with Gasteiger partial charge in [-0.15, -0.1) is 0 Å². The molecule has 2 aromatic carbocycles. The van der Waals surface area contributed by atoms with E-state index in [1.165, 1.54) is 16.7 Å². The molecule has 0 radical (unpaired) electrons. The molecule has 1 atom stereocenters. The Hall–Kier alpha value is -0.963. The molecule has 0 spiro atoms. The fraction of sp³-hybridized carbons (Fsp3) is 0.400. The summed E-state index contributed by atoms with van der Waals surface area (Å²) in [6.45, 7) is 11.6. The Morgan fingerprint density at radius 3 is 1.86 bits per heavy atom. The van der Waals surface area contributed by atoms with Gasteiger partial charge in [-0.05, 0) is 0 Å². The minimum absolute atomic E-state index is 0.114. The van der Waals surface area contributed by atoms with E-state index in [0.29, 0.717) is 4.59 Å². The first-order valence-corrected chi connectivity index (χ1v) is 7.89. The summed E-state index contributed by atoms with van der Waals surface area (Å²) in [4.78, 5) is 0. The SMILES string of the molecule is [Li][CH](c1ccccc1C(C)(C)C)C(C)(C)c1ccccc1. The van der Waals surface area contributed by atoms with Crippen molar-refractivity contribution in [2.24, 2.45) is 0 Å². The molecule has 0 saturated heterocycles. The Labute approximate surface area is 139 Å². The van der Waals surface area contributed by atoms with Crippen LogP contribution in [0.15, 0.2) is 54.6 Å². The van der Waals surface area contributed by atoms with E-state index in [1.54, 1.807) is 0 Å². The van der Waals surface area contributed by atoms with Gasteiger partial charge in [0.15, 0.2) is 0 Å². The number of hydrogen-bond acceptors (Lipinski definition) is 0. The molecule has 21 heavy (non-hydrogen) atoms. The number of hydrogen-bond donors (Lipinski definition) is 0. The number of benzene rings is 2. The maximum atomic E-state index is 2.36. The van der Waals surface area contributed by atoms with Crippen molar-refractivity contribution in [2.45, 2.75) is 50.0 Å². The van der Waals surface area contributed by atoms with Gasteiger partial charge in [-0.25, -0.2) is 0 Å². The summed E-state index contributed by atoms with van der Waals surface area (Å²) in [5, 5.41) is 0. The second-order valence-electron chi connectivity index (χ2n) is 7.65. The summed E-state index contributed by atoms with van der Waals surface area (Å²) in [6, 6.07) is 19.8. The van der Waals surface area contributed by atoms with Gasteiger partial charge in [0, 0.05) is 0 Å². The van der Waals surface area contributed by atoms with Crippen molar-refractivity contribution in [1.82, 2.24) is 0 Å². The maximum absolute atomic E-state index is 2.36. The normalized spacial score (nSPS) is 14.0. The zero-order valence-corrected chi connectivity index (χ0v) is 14.3. The third kappa shape index (κ3) is 3.45. The Kier molecular flexibility index (Phi) is 4.72. The van der Waals surface area contributed by atoms with E-state index < -0.39 is 0 Å². The zero-order chi connectivity index (χ0) is 15.7. The second-order valence-corrected chi connectivity index (χ2v) is 7.65. The predicted molar refractivity (Wildman–Crippen MR) is 93.1 cm³/mol. The van der Waals surface area contributed by atoms with Gasteiger partial charge in [0.1, 0.15) is 0 Å². The van der Waals surface area contributed by atoms with Crippen LogP contribution in [-0.2, 0) is 10.8 Å². The molecule has 1 heteroatoms. The van der Waals surface area contributed by atoms with E-state index in [2.05, 4.69) is 107 Å². The molecular weight excluding hydrogens is 247 g/mol. The predicted octanol–water partition coefficient (Wildman–Crippen LogP) is 5.17. The van der Waals surface area contributed by atoms with E-state index >= 15 is 0 Å². The van der Waals surface area contributed by atoms with Gasteiger partial charge >= 0.3 is 139 Å². The van der Waals surface area contributed by atoms with Crippen LogP contribution in [0.1, 0.15) is 55.9 Å². The van der Waals surface area contributed by atoms with Gasteiger partial charge in [0.05, 0.1) is 0 Å². The van der Waals surface area contributed by atoms with E-state index in [9.17, 15) is 0 Å². The molecule has 0 saturated carbocycles. The van der Waals surface area contributed by atoms with Crippen LogP contribution < -0.4 is 0 Å². The quantitative estimate of drug-likeness (QED) is 0.676. The summed E-state index contributed by atoms with van der Waals surface area (Å²) < 4.78 is 0.468. The first-order valence-electron chi connectivity index (χ1n) is 7.89. The van der Waals surface area contributed by atoms with Crippen LogP contribution in [0.4, 0.5) is 0 Å². The Morgan fingerprint density at radius 1 is 0.762 bits per heavy atom. The van der Waals surface area contributed by atoms with E-state index in [-0.39, 0.29) is 10.8 Å². The topological polar surface area (TPSA) is 0 Å². The fourth-order valence-electron chi connectivity index (χ4n) is 3.06. The molecule has 2 rings (SSSR count). The molecule has 1 unspecified atom stereocenters. The third-order valence-electron chi connectivity index (χ3n) is 4.84. The monoisotopic (exact) mass is 272 g/mol. The average molecular weight is 272 g/mol. The van der Waals surface area contributed by atoms with Crippen LogP contribution >= 0.6 is 0 Å². The van der Waals surface area contributed by atoms with Gasteiger partial charge in [-0.2, -0.15) is 0 Å². The zero-order valence-electron chi connectivity index (χ0n) is 14.3. The fourth-order valence-corrected chi connectivity index (χ4v) is 3.06. The van der Waals surface area contributed by atoms with Gasteiger partial charge in [0.2, 0.25) is 0 Å². The van der Waals surface area contributed by atoms with Crippen LogP contribution in [0, 0.1) is 0 Å². The molecule has 0 bridgehead atoms. The summed E-state index contributed by atoms with van der Waals surface area (Å²) in [5.41, 5.74) is 4.63. The van der Waals surface area contributed by atoms with E-state index in [1.807, 2.05) is 0 Å². The average Bonchev–Trinajstić information content (AvgIpc) is 2.46. The molecule has 0 heterocycles. The van der Waals surface area contributed by atoms with Crippen LogP contribution in [0.2, 0.25) is 0 Å². The molecular formula is C20H25Li. The molecule has 0 aliphatic rings. The summed E-state index contributed by atoms with van der Waals surface area (Å²) in [5.74, 6) is 0. The van der Waals surface area contributed by atoms with Crippen molar-refractivity contribution in [3.05, 3.63) is 71.3 Å². The molecule has 0 aromatic heterocycles. The summed E-state index contributed by atoms with van der Waals surface area (Å²) in [7, 11) is 0. The Morgan fingerprint density at radius 2 is 1.29 bits per heavy atom. The van der Waals surface area contributed by atoms with Crippen molar-refractivity contribution in [3.63, 3.8) is 0 Å². The Bertz CT molecular complexity index is 591. The number of rotatable bonds is 3. The van der Waals surface area contributed by atoms with E-state index in [0.717, 1.165) is 0 Å². The van der Waals surface area contributed by atoms with Gasteiger partial charge in [0.25, 0.3) is 0 Å². The first-order chi connectivity index (χ1) is 9.74. The molecule has 0 aliphatic heterocycles. The molecule has 0 fully saturated rings. The van der Waals surface area contributed by atoms with Crippen molar-refractivity contribution in [3.8, 4) is 0 Å². The molecule has 0 amide bonds. The van der Waals surface area contributed by atoms with Crippen molar-refractivity contribution in [1.29, 1.82) is 0 Å².